The summed E-state index contributed by atoms with van der Waals surface area (Å²) < 4.78 is 0. The number of imide groups is 1. The number of amides is 3. The maximum atomic E-state index is 13.0. The Morgan fingerprint density at radius 3 is 2.06 bits per heavy atom. The smallest absolute Gasteiger partial charge is 0.261 e. The van der Waals surface area contributed by atoms with Crippen LogP contribution in [0.1, 0.15) is 39.1 Å². The van der Waals surface area contributed by atoms with Crippen molar-refractivity contribution in [3.8, 4) is 0 Å². The molecule has 0 bridgehead atoms. The molecule has 0 aliphatic carbocycles. The Morgan fingerprint density at radius 1 is 0.818 bits per heavy atom. The molecule has 3 aromatic carbocycles. The summed E-state index contributed by atoms with van der Waals surface area (Å²) in [7, 11) is 0. The van der Waals surface area contributed by atoms with Gasteiger partial charge in [0.15, 0.2) is 0 Å². The predicted molar refractivity (Wildman–Crippen MR) is 130 cm³/mol. The monoisotopic (exact) mass is 458 g/mol. The molecule has 0 N–H and O–H groups in total. The molecule has 0 fully saturated rings. The number of unbranched alkanes of at least 4 members (excludes halogenated alkanes) is 1. The van der Waals surface area contributed by atoms with Gasteiger partial charge in [0, 0.05) is 29.9 Å². The van der Waals surface area contributed by atoms with Crippen LogP contribution in [-0.2, 0) is 4.79 Å². The molecule has 0 atom stereocenters. The lowest BCUT2D eigenvalue weighted by Crippen LogP contribution is -2.33. The van der Waals surface area contributed by atoms with E-state index in [0.29, 0.717) is 42.1 Å². The summed E-state index contributed by atoms with van der Waals surface area (Å²) >= 11 is 6.02. The maximum Gasteiger partial charge on any atom is 0.261 e. The summed E-state index contributed by atoms with van der Waals surface area (Å²) in [6, 6.07) is 23.6. The van der Waals surface area contributed by atoms with E-state index in [9.17, 15) is 14.4 Å². The molecule has 0 saturated carbocycles. The zero-order valence-corrected chi connectivity index (χ0v) is 18.7. The second-order valence-corrected chi connectivity index (χ2v) is 8.16. The van der Waals surface area contributed by atoms with Crippen molar-refractivity contribution in [2.75, 3.05) is 18.0 Å². The zero-order valence-electron chi connectivity index (χ0n) is 18.0. The van der Waals surface area contributed by atoms with Crippen LogP contribution >= 0.6 is 11.6 Å². The number of nitrogens with zero attached hydrogens (tertiary/aromatic N) is 2. The van der Waals surface area contributed by atoms with Crippen LogP contribution in [0.15, 0.2) is 84.9 Å². The molecule has 0 spiro atoms. The average Bonchev–Trinajstić information content (AvgIpc) is 3.09. The number of carbonyl (C=O) groups excluding carboxylic acids is 3. The van der Waals surface area contributed by atoms with Gasteiger partial charge in [-0.15, -0.1) is 0 Å². The highest BCUT2D eigenvalue weighted by Crippen LogP contribution is 2.23. The van der Waals surface area contributed by atoms with Crippen molar-refractivity contribution < 1.29 is 14.4 Å². The number of rotatable bonds is 8. The minimum atomic E-state index is -0.257. The van der Waals surface area contributed by atoms with Gasteiger partial charge in [-0.1, -0.05) is 54.1 Å². The Balaban J connectivity index is 1.40. The maximum absolute atomic E-state index is 13.0. The first-order valence-electron chi connectivity index (χ1n) is 10.8. The Labute approximate surface area is 197 Å². The number of benzene rings is 3. The van der Waals surface area contributed by atoms with Gasteiger partial charge in [-0.2, -0.15) is 0 Å². The van der Waals surface area contributed by atoms with Gasteiger partial charge < -0.3 is 4.90 Å². The number of hydrogen-bond acceptors (Lipinski definition) is 3. The molecule has 5 nitrogen and oxygen atoms in total. The van der Waals surface area contributed by atoms with E-state index in [2.05, 4.69) is 0 Å². The van der Waals surface area contributed by atoms with Gasteiger partial charge in [-0.3, -0.25) is 19.3 Å². The van der Waals surface area contributed by atoms with Gasteiger partial charge in [0.2, 0.25) is 0 Å². The van der Waals surface area contributed by atoms with Crippen LogP contribution in [-0.4, -0.2) is 35.7 Å². The van der Waals surface area contributed by atoms with E-state index < -0.39 is 0 Å². The standard InChI is InChI=1S/C27H23ClN2O3/c28-21-13-15-22(16-14-21)29(25(31)17-12-20-8-2-1-3-9-20)18-6-7-19-30-26(32)23-10-4-5-11-24(23)27(30)33/h1-5,8-17H,6-7,18-19H2/b17-12+. The van der Waals surface area contributed by atoms with Crippen LogP contribution in [0.2, 0.25) is 5.02 Å². The lowest BCUT2D eigenvalue weighted by Gasteiger charge is -2.22. The van der Waals surface area contributed by atoms with Crippen molar-refractivity contribution in [1.82, 2.24) is 4.90 Å². The second-order valence-electron chi connectivity index (χ2n) is 7.72. The van der Waals surface area contributed by atoms with Crippen LogP contribution in [0.4, 0.5) is 5.69 Å². The normalized spacial score (nSPS) is 12.9. The largest absolute Gasteiger partial charge is 0.309 e. The van der Waals surface area contributed by atoms with Gasteiger partial charge >= 0.3 is 0 Å². The number of carbonyl (C=O) groups is 3. The minimum Gasteiger partial charge on any atom is -0.309 e. The molecule has 0 unspecified atom stereocenters. The van der Waals surface area contributed by atoms with Crippen molar-refractivity contribution >= 4 is 41.1 Å². The van der Waals surface area contributed by atoms with Crippen LogP contribution in [0, 0.1) is 0 Å². The summed E-state index contributed by atoms with van der Waals surface area (Å²) in [6.07, 6.45) is 4.55. The van der Waals surface area contributed by atoms with E-state index in [1.165, 1.54) is 4.90 Å². The molecule has 166 valence electrons. The summed E-state index contributed by atoms with van der Waals surface area (Å²) in [4.78, 5) is 41.0. The number of hydrogen-bond donors (Lipinski definition) is 0. The van der Waals surface area contributed by atoms with Gasteiger partial charge in [0.1, 0.15) is 0 Å². The highest BCUT2D eigenvalue weighted by atomic mass is 35.5. The Bertz CT molecular complexity index is 1150. The van der Waals surface area contributed by atoms with E-state index in [-0.39, 0.29) is 17.7 Å². The molecule has 1 aliphatic rings. The lowest BCUT2D eigenvalue weighted by atomic mass is 10.1. The molecule has 6 heteroatoms. The Kier molecular flexibility index (Phi) is 7.01. The average molecular weight is 459 g/mol. The molecule has 0 saturated heterocycles. The highest BCUT2D eigenvalue weighted by molar-refractivity contribution is 6.30. The van der Waals surface area contributed by atoms with E-state index in [1.54, 1.807) is 65.6 Å². The number of anilines is 1. The lowest BCUT2D eigenvalue weighted by molar-refractivity contribution is -0.114. The topological polar surface area (TPSA) is 57.7 Å². The molecule has 1 heterocycles. The highest BCUT2D eigenvalue weighted by Gasteiger charge is 2.34. The molecule has 3 amide bonds. The van der Waals surface area contributed by atoms with Crippen molar-refractivity contribution in [3.05, 3.63) is 107 Å². The fourth-order valence-corrected chi connectivity index (χ4v) is 3.92. The van der Waals surface area contributed by atoms with Crippen molar-refractivity contribution in [2.45, 2.75) is 12.8 Å². The van der Waals surface area contributed by atoms with Gasteiger partial charge in [-0.05, 0) is 60.9 Å². The summed E-state index contributed by atoms with van der Waals surface area (Å²) in [5.41, 5.74) is 2.58. The molecular formula is C27H23ClN2O3. The van der Waals surface area contributed by atoms with Crippen LogP contribution in [0.25, 0.3) is 6.08 Å². The third-order valence-corrected chi connectivity index (χ3v) is 5.77. The number of fused-ring (bicyclic) bond motifs is 1. The predicted octanol–water partition coefficient (Wildman–Crippen LogP) is 5.46. The fraction of sp³-hybridized carbons (Fsp3) is 0.148. The summed E-state index contributed by atoms with van der Waals surface area (Å²) in [5, 5.41) is 0.594. The Hall–Kier alpha value is -3.70. The third-order valence-electron chi connectivity index (χ3n) is 5.51. The first kappa shape index (κ1) is 22.5. The minimum absolute atomic E-state index is 0.151. The summed E-state index contributed by atoms with van der Waals surface area (Å²) in [6.45, 7) is 0.762. The van der Waals surface area contributed by atoms with Crippen molar-refractivity contribution in [3.63, 3.8) is 0 Å². The van der Waals surface area contributed by atoms with E-state index >= 15 is 0 Å². The van der Waals surface area contributed by atoms with Gasteiger partial charge in [0.25, 0.3) is 17.7 Å². The third kappa shape index (κ3) is 5.21. The van der Waals surface area contributed by atoms with Crippen LogP contribution in [0.3, 0.4) is 0 Å². The van der Waals surface area contributed by atoms with Gasteiger partial charge in [-0.25, -0.2) is 0 Å². The fourth-order valence-electron chi connectivity index (χ4n) is 3.79. The quantitative estimate of drug-likeness (QED) is 0.256. The molecule has 33 heavy (non-hydrogen) atoms. The SMILES string of the molecule is O=C1c2ccccc2C(=O)N1CCCCN(C(=O)/C=C/c1ccccc1)c1ccc(Cl)cc1. The molecule has 1 aliphatic heterocycles. The molecule has 3 aromatic rings. The second kappa shape index (κ2) is 10.3. The first-order valence-corrected chi connectivity index (χ1v) is 11.2. The van der Waals surface area contributed by atoms with Crippen molar-refractivity contribution in [2.24, 2.45) is 0 Å². The van der Waals surface area contributed by atoms with E-state index in [1.807, 2.05) is 30.3 Å². The summed E-state index contributed by atoms with van der Waals surface area (Å²) in [5.74, 6) is -0.666. The zero-order chi connectivity index (χ0) is 23.2. The number of halogens is 1. The van der Waals surface area contributed by atoms with Gasteiger partial charge in [0.05, 0.1) is 11.1 Å². The first-order chi connectivity index (χ1) is 16.0. The van der Waals surface area contributed by atoms with Crippen molar-refractivity contribution in [1.29, 1.82) is 0 Å². The van der Waals surface area contributed by atoms with Crippen LogP contribution < -0.4 is 4.90 Å². The van der Waals surface area contributed by atoms with Crippen LogP contribution in [0.5, 0.6) is 0 Å². The van der Waals surface area contributed by atoms with E-state index in [0.717, 1.165) is 11.3 Å². The Morgan fingerprint density at radius 2 is 1.42 bits per heavy atom. The molecular weight excluding hydrogens is 436 g/mol. The molecule has 0 radical (unpaired) electrons. The molecule has 4 rings (SSSR count). The van der Waals surface area contributed by atoms with E-state index in [4.69, 9.17) is 11.6 Å². The molecule has 0 aromatic heterocycles.